The summed E-state index contributed by atoms with van der Waals surface area (Å²) in [4.78, 5) is 11.4. The van der Waals surface area contributed by atoms with Gasteiger partial charge in [-0.15, -0.1) is 0 Å². The molecule has 4 aromatic rings. The van der Waals surface area contributed by atoms with Crippen molar-refractivity contribution in [3.05, 3.63) is 70.8 Å². The van der Waals surface area contributed by atoms with Crippen molar-refractivity contribution in [3.8, 4) is 34.0 Å². The highest BCUT2D eigenvalue weighted by Gasteiger charge is 2.43. The third-order valence-electron chi connectivity index (χ3n) is 6.00. The molecule has 2 N–H and O–H groups in total. The fraction of sp³-hybridized carbons (Fsp3) is 0.208. The highest BCUT2D eigenvalue weighted by molar-refractivity contribution is 5.81. The summed E-state index contributed by atoms with van der Waals surface area (Å²) in [5.41, 5.74) is -1.11. The minimum atomic E-state index is -4.76. The van der Waals surface area contributed by atoms with E-state index in [1.165, 1.54) is 25.1 Å². The number of hydrogen-bond donors (Lipinski definition) is 2. The Labute approximate surface area is 190 Å². The van der Waals surface area contributed by atoms with E-state index in [-0.39, 0.29) is 23.3 Å². The number of alkyl halides is 3. The molecular weight excluding hydrogens is 453 g/mol. The van der Waals surface area contributed by atoms with E-state index in [2.05, 4.69) is 10.3 Å². The van der Waals surface area contributed by atoms with Crippen molar-refractivity contribution in [1.82, 2.24) is 10.3 Å². The lowest BCUT2D eigenvalue weighted by molar-refractivity contribution is -0.157. The second-order valence-corrected chi connectivity index (χ2v) is 8.19. The van der Waals surface area contributed by atoms with E-state index in [9.17, 15) is 28.2 Å². The largest absolute Gasteiger partial charge is 0.479 e. The van der Waals surface area contributed by atoms with Gasteiger partial charge in [-0.1, -0.05) is 58.8 Å². The number of carboxylic acid groups (broad SMARTS) is 1. The summed E-state index contributed by atoms with van der Waals surface area (Å²) in [6.45, 7) is 1.17. The Bertz CT molecular complexity index is 1400. The van der Waals surface area contributed by atoms with Crippen molar-refractivity contribution in [3.63, 3.8) is 0 Å². The molecule has 0 aliphatic heterocycles. The van der Waals surface area contributed by atoms with E-state index in [4.69, 9.17) is 9.05 Å². The SMILES string of the molecule is CC(O)(C(=O)O)c1ccc2c(c1)CCc1c-2noc1-c1noc(-c2ccccc2)c1C(F)(F)F. The number of carboxylic acids is 1. The highest BCUT2D eigenvalue weighted by atomic mass is 19.4. The van der Waals surface area contributed by atoms with E-state index in [1.54, 1.807) is 30.3 Å². The van der Waals surface area contributed by atoms with Gasteiger partial charge in [0.25, 0.3) is 0 Å². The standard InChI is InChI=1S/C24H17F3N2O5/c1-23(32,22(30)31)14-8-10-15-13(11-14)7-9-16-18(15)28-34-21(16)19-17(24(25,26)27)20(33-29-19)12-5-3-2-4-6-12/h2-6,8,10-11,32H,7,9H2,1H3,(H,30,31). The van der Waals surface area contributed by atoms with Gasteiger partial charge in [0.15, 0.2) is 22.8 Å². The topological polar surface area (TPSA) is 110 Å². The van der Waals surface area contributed by atoms with E-state index in [1.807, 2.05) is 0 Å². The molecule has 1 unspecified atom stereocenters. The Balaban J connectivity index is 1.62. The molecule has 1 aliphatic rings. The summed E-state index contributed by atoms with van der Waals surface area (Å²) < 4.78 is 52.7. The minimum absolute atomic E-state index is 0.125. The number of carbonyl (C=O) groups is 1. The summed E-state index contributed by atoms with van der Waals surface area (Å²) in [6.07, 6.45) is -4.10. The van der Waals surface area contributed by atoms with E-state index in [0.717, 1.165) is 0 Å². The van der Waals surface area contributed by atoms with Gasteiger partial charge < -0.3 is 19.3 Å². The maximum absolute atomic E-state index is 14.1. The molecule has 0 saturated carbocycles. The Morgan fingerprint density at radius 2 is 1.65 bits per heavy atom. The van der Waals surface area contributed by atoms with E-state index < -0.39 is 34.8 Å². The van der Waals surface area contributed by atoms with Gasteiger partial charge in [0.05, 0.1) is 0 Å². The number of aliphatic hydroxyl groups is 1. The molecule has 0 bridgehead atoms. The predicted octanol–water partition coefficient (Wildman–Crippen LogP) is 5.07. The number of fused-ring (bicyclic) bond motifs is 3. The maximum atomic E-state index is 14.1. The quantitative estimate of drug-likeness (QED) is 0.428. The minimum Gasteiger partial charge on any atom is -0.479 e. The van der Waals surface area contributed by atoms with Gasteiger partial charge in [-0.3, -0.25) is 0 Å². The Morgan fingerprint density at radius 3 is 2.32 bits per heavy atom. The van der Waals surface area contributed by atoms with Crippen LogP contribution in [0.1, 0.15) is 29.2 Å². The molecule has 2 aromatic carbocycles. The number of hydrogen-bond acceptors (Lipinski definition) is 6. The molecule has 1 atom stereocenters. The Kier molecular flexibility index (Phi) is 4.87. The Hall–Kier alpha value is -3.92. The van der Waals surface area contributed by atoms with Crippen LogP contribution in [-0.2, 0) is 29.4 Å². The third kappa shape index (κ3) is 3.38. The number of benzene rings is 2. The number of nitrogens with zero attached hydrogens (tertiary/aromatic N) is 2. The molecule has 5 rings (SSSR count). The molecule has 0 fully saturated rings. The van der Waals surface area contributed by atoms with Crippen molar-refractivity contribution in [2.75, 3.05) is 0 Å². The van der Waals surface area contributed by atoms with Gasteiger partial charge in [-0.25, -0.2) is 4.79 Å². The molecule has 0 amide bonds. The first kappa shape index (κ1) is 21.9. The number of aryl methyl sites for hydroxylation is 1. The molecule has 0 saturated heterocycles. The molecule has 7 nitrogen and oxygen atoms in total. The van der Waals surface area contributed by atoms with Crippen molar-refractivity contribution < 1.29 is 37.2 Å². The van der Waals surface area contributed by atoms with Crippen LogP contribution in [0.5, 0.6) is 0 Å². The van der Waals surface area contributed by atoms with Crippen LogP contribution in [0.3, 0.4) is 0 Å². The number of rotatable bonds is 4. The van der Waals surface area contributed by atoms with Crippen LogP contribution in [-0.4, -0.2) is 26.5 Å². The maximum Gasteiger partial charge on any atom is 0.422 e. The summed E-state index contributed by atoms with van der Waals surface area (Å²) >= 11 is 0. The first-order chi connectivity index (χ1) is 16.1. The van der Waals surface area contributed by atoms with Crippen molar-refractivity contribution in [1.29, 1.82) is 0 Å². The zero-order valence-electron chi connectivity index (χ0n) is 17.7. The zero-order chi connectivity index (χ0) is 24.3. The molecule has 34 heavy (non-hydrogen) atoms. The molecule has 0 spiro atoms. The van der Waals surface area contributed by atoms with Crippen LogP contribution in [0.25, 0.3) is 34.0 Å². The van der Waals surface area contributed by atoms with E-state index >= 15 is 0 Å². The van der Waals surface area contributed by atoms with Gasteiger partial charge in [0.2, 0.25) is 0 Å². The van der Waals surface area contributed by atoms with E-state index in [0.29, 0.717) is 28.8 Å². The lowest BCUT2D eigenvalue weighted by Crippen LogP contribution is -2.32. The zero-order valence-corrected chi connectivity index (χ0v) is 17.7. The summed E-state index contributed by atoms with van der Waals surface area (Å²) in [7, 11) is 0. The van der Waals surface area contributed by atoms with Gasteiger partial charge >= 0.3 is 12.1 Å². The second-order valence-electron chi connectivity index (χ2n) is 8.19. The average molecular weight is 470 g/mol. The van der Waals surface area contributed by atoms with Crippen LogP contribution in [0, 0.1) is 0 Å². The second kappa shape index (κ2) is 7.56. The van der Waals surface area contributed by atoms with Gasteiger partial charge in [0, 0.05) is 16.7 Å². The van der Waals surface area contributed by atoms with Gasteiger partial charge in [-0.2, -0.15) is 13.2 Å². The van der Waals surface area contributed by atoms with Crippen LogP contribution >= 0.6 is 0 Å². The van der Waals surface area contributed by atoms with Crippen LogP contribution in [0.15, 0.2) is 57.6 Å². The molecule has 10 heteroatoms. The molecular formula is C24H17F3N2O5. The first-order valence-corrected chi connectivity index (χ1v) is 10.3. The fourth-order valence-corrected chi connectivity index (χ4v) is 4.15. The monoisotopic (exact) mass is 470 g/mol. The molecule has 2 aromatic heterocycles. The van der Waals surface area contributed by atoms with Gasteiger partial charge in [0.1, 0.15) is 11.3 Å². The van der Waals surface area contributed by atoms with Crippen LogP contribution in [0.4, 0.5) is 13.2 Å². The number of aliphatic carboxylic acids is 1. The number of halogens is 3. The van der Waals surface area contributed by atoms with Crippen molar-refractivity contribution in [2.24, 2.45) is 0 Å². The van der Waals surface area contributed by atoms with Gasteiger partial charge in [-0.05, 0) is 30.9 Å². The molecule has 2 heterocycles. The molecule has 1 aliphatic carbocycles. The molecule has 174 valence electrons. The van der Waals surface area contributed by atoms with Crippen LogP contribution < -0.4 is 0 Å². The van der Waals surface area contributed by atoms with Crippen LogP contribution in [0.2, 0.25) is 0 Å². The lowest BCUT2D eigenvalue weighted by Gasteiger charge is -2.22. The summed E-state index contributed by atoms with van der Waals surface area (Å²) in [6, 6.07) is 12.5. The van der Waals surface area contributed by atoms with Crippen molar-refractivity contribution >= 4 is 5.97 Å². The van der Waals surface area contributed by atoms with Crippen molar-refractivity contribution in [2.45, 2.75) is 31.5 Å². The Morgan fingerprint density at radius 1 is 0.971 bits per heavy atom. The third-order valence-corrected chi connectivity index (χ3v) is 6.00. The highest BCUT2D eigenvalue weighted by Crippen LogP contribution is 2.46. The lowest BCUT2D eigenvalue weighted by atomic mass is 9.84. The molecule has 0 radical (unpaired) electrons. The normalized spacial score (nSPS) is 14.9. The summed E-state index contributed by atoms with van der Waals surface area (Å²) in [5, 5.41) is 27.2. The fourth-order valence-electron chi connectivity index (χ4n) is 4.15. The average Bonchev–Trinajstić information content (AvgIpc) is 3.43. The predicted molar refractivity (Wildman–Crippen MR) is 112 cm³/mol. The summed E-state index contributed by atoms with van der Waals surface area (Å²) in [5.74, 6) is -1.93. The number of aromatic nitrogens is 2. The first-order valence-electron chi connectivity index (χ1n) is 10.3. The smallest absolute Gasteiger partial charge is 0.422 e.